The van der Waals surface area contributed by atoms with Crippen LogP contribution in [-0.2, 0) is 0 Å². The molecule has 0 saturated carbocycles. The molecule has 1 N–H and O–H groups in total. The highest BCUT2D eigenvalue weighted by Gasteiger charge is 2.19. The zero-order valence-corrected chi connectivity index (χ0v) is 13.7. The van der Waals surface area contributed by atoms with E-state index in [0.717, 1.165) is 18.2 Å². The van der Waals surface area contributed by atoms with Crippen LogP contribution in [0.25, 0.3) is 0 Å². The van der Waals surface area contributed by atoms with E-state index < -0.39 is 27.1 Å². The van der Waals surface area contributed by atoms with Crippen LogP contribution < -0.4 is 5.43 Å². The maximum atomic E-state index is 12.0. The number of nitrogens with zero attached hydrogens (tertiary/aromatic N) is 3. The third-order valence-electron chi connectivity index (χ3n) is 2.94. The predicted molar refractivity (Wildman–Crippen MR) is 91.3 cm³/mol. The van der Waals surface area contributed by atoms with Gasteiger partial charge in [-0.2, -0.15) is 5.10 Å². The molecule has 0 unspecified atom stereocenters. The van der Waals surface area contributed by atoms with E-state index in [1.807, 2.05) is 0 Å². The van der Waals surface area contributed by atoms with Crippen LogP contribution in [-0.4, -0.2) is 22.0 Å². The normalized spacial score (nSPS) is 10.6. The van der Waals surface area contributed by atoms with Crippen LogP contribution in [0.1, 0.15) is 15.9 Å². The quantitative estimate of drug-likeness (QED) is 0.480. The minimum atomic E-state index is -0.860. The van der Waals surface area contributed by atoms with Crippen LogP contribution in [0, 0.1) is 20.2 Å². The number of hydrogen-bond acceptors (Lipinski definition) is 6. The molecule has 128 valence electrons. The van der Waals surface area contributed by atoms with E-state index in [1.165, 1.54) is 6.21 Å². The largest absolute Gasteiger partial charge is 0.277 e. The Morgan fingerprint density at radius 3 is 2.24 bits per heavy atom. The van der Waals surface area contributed by atoms with Gasteiger partial charge in [0, 0.05) is 17.7 Å². The van der Waals surface area contributed by atoms with Gasteiger partial charge in [-0.15, -0.1) is 0 Å². The highest BCUT2D eigenvalue weighted by molar-refractivity contribution is 6.43. The topological polar surface area (TPSA) is 128 Å². The van der Waals surface area contributed by atoms with Crippen molar-refractivity contribution >= 4 is 46.7 Å². The molecular weight excluding hydrogens is 375 g/mol. The van der Waals surface area contributed by atoms with Crippen molar-refractivity contribution in [1.82, 2.24) is 5.43 Å². The highest BCUT2D eigenvalue weighted by atomic mass is 35.5. The molecule has 1 amide bonds. The van der Waals surface area contributed by atoms with Crippen molar-refractivity contribution in [1.29, 1.82) is 0 Å². The lowest BCUT2D eigenvalue weighted by Gasteiger charge is -2.02. The van der Waals surface area contributed by atoms with Crippen molar-refractivity contribution < 1.29 is 14.6 Å². The third-order valence-corrected chi connectivity index (χ3v) is 3.77. The number of hydrogen-bond donors (Lipinski definition) is 1. The van der Waals surface area contributed by atoms with E-state index in [-0.39, 0.29) is 10.6 Å². The Morgan fingerprint density at radius 1 is 1.08 bits per heavy atom. The van der Waals surface area contributed by atoms with Crippen molar-refractivity contribution in [3.63, 3.8) is 0 Å². The second kappa shape index (κ2) is 7.69. The van der Waals surface area contributed by atoms with Gasteiger partial charge in [-0.3, -0.25) is 25.0 Å². The summed E-state index contributed by atoms with van der Waals surface area (Å²) in [5.74, 6) is -0.860. The molecule has 11 heteroatoms. The number of rotatable bonds is 5. The maximum Gasteiger partial charge on any atom is 0.277 e. The number of benzene rings is 2. The molecule has 9 nitrogen and oxygen atoms in total. The molecule has 2 aromatic rings. The molecule has 2 aromatic carbocycles. The molecule has 25 heavy (non-hydrogen) atoms. The van der Waals surface area contributed by atoms with Crippen LogP contribution in [0.15, 0.2) is 41.5 Å². The van der Waals surface area contributed by atoms with Gasteiger partial charge >= 0.3 is 0 Å². The number of hydrazone groups is 1. The standard InChI is InChI=1S/C14H8Cl2N4O5/c15-12-3-1-2-8(13(12)16)7-17-18-14(21)9-4-10(19(22)23)6-11(5-9)20(24)25/h1-7H,(H,18,21)/b17-7-. The number of halogens is 2. The second-order valence-electron chi connectivity index (χ2n) is 4.59. The molecule has 2 rings (SSSR count). The van der Waals surface area contributed by atoms with Gasteiger partial charge in [0.05, 0.1) is 37.7 Å². The first kappa shape index (κ1) is 18.3. The molecule has 0 aromatic heterocycles. The average molecular weight is 383 g/mol. The zero-order valence-electron chi connectivity index (χ0n) is 12.2. The summed E-state index contributed by atoms with van der Waals surface area (Å²) in [6.45, 7) is 0. The Kier molecular flexibility index (Phi) is 5.63. The van der Waals surface area contributed by atoms with E-state index in [2.05, 4.69) is 10.5 Å². The number of nitrogens with one attached hydrogen (secondary N) is 1. The Hall–Kier alpha value is -3.04. The first-order chi connectivity index (χ1) is 11.8. The molecule has 0 atom stereocenters. The van der Waals surface area contributed by atoms with Gasteiger partial charge in [0.1, 0.15) is 0 Å². The zero-order chi connectivity index (χ0) is 18.6. The number of non-ortho nitro benzene ring substituents is 2. The van der Waals surface area contributed by atoms with Crippen LogP contribution >= 0.6 is 23.2 Å². The minimum Gasteiger partial charge on any atom is -0.267 e. The van der Waals surface area contributed by atoms with E-state index in [1.54, 1.807) is 18.2 Å². The summed E-state index contributed by atoms with van der Waals surface area (Å²) in [6, 6.07) is 7.37. The van der Waals surface area contributed by atoms with E-state index in [0.29, 0.717) is 10.6 Å². The molecule has 0 radical (unpaired) electrons. The van der Waals surface area contributed by atoms with Gasteiger partial charge in [0.25, 0.3) is 17.3 Å². The number of amides is 1. The molecule has 0 aliphatic carbocycles. The first-order valence-corrected chi connectivity index (χ1v) is 7.26. The van der Waals surface area contributed by atoms with Crippen molar-refractivity contribution in [3.05, 3.63) is 77.8 Å². The fourth-order valence-electron chi connectivity index (χ4n) is 1.78. The smallest absolute Gasteiger partial charge is 0.267 e. The van der Waals surface area contributed by atoms with Gasteiger partial charge in [0.15, 0.2) is 0 Å². The molecule has 0 aliphatic heterocycles. The SMILES string of the molecule is O=C(N/N=C\c1cccc(Cl)c1Cl)c1cc([N+](=O)[O-])cc([N+](=O)[O-])c1. The van der Waals surface area contributed by atoms with Gasteiger partial charge in [-0.1, -0.05) is 35.3 Å². The highest BCUT2D eigenvalue weighted by Crippen LogP contribution is 2.24. The van der Waals surface area contributed by atoms with Crippen LogP contribution in [0.2, 0.25) is 10.0 Å². The molecule has 0 bridgehead atoms. The van der Waals surface area contributed by atoms with E-state index in [9.17, 15) is 25.0 Å². The molecule has 0 aliphatic rings. The van der Waals surface area contributed by atoms with Crippen molar-refractivity contribution in [2.45, 2.75) is 0 Å². The number of nitro benzene ring substituents is 2. The van der Waals surface area contributed by atoms with Crippen LogP contribution in [0.4, 0.5) is 11.4 Å². The fraction of sp³-hybridized carbons (Fsp3) is 0. The maximum absolute atomic E-state index is 12.0. The first-order valence-electron chi connectivity index (χ1n) is 6.51. The lowest BCUT2D eigenvalue weighted by Crippen LogP contribution is -2.18. The summed E-state index contributed by atoms with van der Waals surface area (Å²) < 4.78 is 0. The molecule has 0 spiro atoms. The van der Waals surface area contributed by atoms with E-state index in [4.69, 9.17) is 23.2 Å². The number of nitro groups is 2. The summed E-state index contributed by atoms with van der Waals surface area (Å²) in [4.78, 5) is 32.0. The molecule has 0 heterocycles. The lowest BCUT2D eigenvalue weighted by atomic mass is 10.1. The Balaban J connectivity index is 2.23. The number of carbonyl (C=O) groups is 1. The molecule has 0 fully saturated rings. The Morgan fingerprint density at radius 2 is 1.68 bits per heavy atom. The van der Waals surface area contributed by atoms with Crippen molar-refractivity contribution in [2.24, 2.45) is 5.10 Å². The monoisotopic (exact) mass is 382 g/mol. The van der Waals surface area contributed by atoms with Gasteiger partial charge in [0.2, 0.25) is 0 Å². The summed E-state index contributed by atoms with van der Waals surface area (Å²) in [5, 5.41) is 25.8. The Bertz CT molecular complexity index is 869. The van der Waals surface area contributed by atoms with Crippen LogP contribution in [0.3, 0.4) is 0 Å². The lowest BCUT2D eigenvalue weighted by molar-refractivity contribution is -0.394. The Labute approximate surface area is 150 Å². The van der Waals surface area contributed by atoms with Gasteiger partial charge in [-0.05, 0) is 6.07 Å². The summed E-state index contributed by atoms with van der Waals surface area (Å²) in [6.07, 6.45) is 1.22. The number of carbonyl (C=O) groups excluding carboxylic acids is 1. The minimum absolute atomic E-state index is 0.230. The van der Waals surface area contributed by atoms with E-state index >= 15 is 0 Å². The van der Waals surface area contributed by atoms with Gasteiger partial charge in [-0.25, -0.2) is 5.43 Å². The van der Waals surface area contributed by atoms with Crippen molar-refractivity contribution in [3.8, 4) is 0 Å². The summed E-state index contributed by atoms with van der Waals surface area (Å²) in [7, 11) is 0. The predicted octanol–water partition coefficient (Wildman–Crippen LogP) is 3.57. The summed E-state index contributed by atoms with van der Waals surface area (Å²) >= 11 is 11.8. The summed E-state index contributed by atoms with van der Waals surface area (Å²) in [5.41, 5.74) is 1.09. The van der Waals surface area contributed by atoms with Gasteiger partial charge < -0.3 is 0 Å². The van der Waals surface area contributed by atoms with Crippen molar-refractivity contribution in [2.75, 3.05) is 0 Å². The van der Waals surface area contributed by atoms with Crippen LogP contribution in [0.5, 0.6) is 0 Å². The fourth-order valence-corrected chi connectivity index (χ4v) is 2.14. The molecule has 0 saturated heterocycles. The molecular formula is C14H8Cl2N4O5. The second-order valence-corrected chi connectivity index (χ2v) is 5.38. The third kappa shape index (κ3) is 4.49. The average Bonchev–Trinajstić information content (AvgIpc) is 2.58.